The lowest BCUT2D eigenvalue weighted by Crippen LogP contribution is -2.20. The van der Waals surface area contributed by atoms with Gasteiger partial charge in [0, 0.05) is 12.3 Å². The molecule has 0 radical (unpaired) electrons. The molecule has 134 valence electrons. The van der Waals surface area contributed by atoms with Crippen molar-refractivity contribution >= 4 is 22.4 Å². The maximum Gasteiger partial charge on any atom is 0.264 e. The van der Waals surface area contributed by atoms with E-state index >= 15 is 0 Å². The molecule has 1 N–H and O–H groups in total. The van der Waals surface area contributed by atoms with Crippen LogP contribution in [0.2, 0.25) is 0 Å². The summed E-state index contributed by atoms with van der Waals surface area (Å²) in [7, 11) is 0. The predicted octanol–water partition coefficient (Wildman–Crippen LogP) is 4.27. The van der Waals surface area contributed by atoms with Gasteiger partial charge in [-0.05, 0) is 17.2 Å². The largest absolute Gasteiger partial charge is 0.483 e. The normalized spacial score (nSPS) is 10.7. The number of ether oxygens (including phenoxy) is 1. The fourth-order valence-corrected chi connectivity index (χ4v) is 3.19. The van der Waals surface area contributed by atoms with Crippen LogP contribution in [0.1, 0.15) is 35.9 Å². The first-order valence-corrected chi connectivity index (χ1v) is 9.31. The van der Waals surface area contributed by atoms with Gasteiger partial charge in [-0.2, -0.15) is 0 Å². The van der Waals surface area contributed by atoms with Crippen molar-refractivity contribution in [2.75, 3.05) is 11.9 Å². The van der Waals surface area contributed by atoms with Crippen LogP contribution in [0.15, 0.2) is 54.6 Å². The maximum absolute atomic E-state index is 12.1. The molecule has 0 spiro atoms. The summed E-state index contributed by atoms with van der Waals surface area (Å²) in [6.45, 7) is 4.01. The number of nitrogens with one attached hydrogen (secondary N) is 1. The van der Waals surface area contributed by atoms with E-state index in [0.717, 1.165) is 17.0 Å². The Kier molecular flexibility index (Phi) is 5.96. The number of hydrogen-bond acceptors (Lipinski definition) is 5. The molecule has 0 aliphatic carbocycles. The number of carbonyl (C=O) groups is 1. The van der Waals surface area contributed by atoms with E-state index in [1.54, 1.807) is 0 Å². The maximum atomic E-state index is 12.1. The van der Waals surface area contributed by atoms with E-state index in [1.165, 1.54) is 16.9 Å². The van der Waals surface area contributed by atoms with Gasteiger partial charge in [-0.15, -0.1) is 10.2 Å². The van der Waals surface area contributed by atoms with Crippen LogP contribution in [0.5, 0.6) is 5.75 Å². The summed E-state index contributed by atoms with van der Waals surface area (Å²) in [5.74, 6) is 0.761. The minimum Gasteiger partial charge on any atom is -0.483 e. The summed E-state index contributed by atoms with van der Waals surface area (Å²) < 4.78 is 5.74. The fraction of sp³-hybridized carbons (Fsp3) is 0.250. The third-order valence-corrected chi connectivity index (χ3v) is 4.89. The first-order chi connectivity index (χ1) is 12.6. The van der Waals surface area contributed by atoms with E-state index in [-0.39, 0.29) is 12.5 Å². The summed E-state index contributed by atoms with van der Waals surface area (Å²) >= 11 is 1.39. The predicted molar refractivity (Wildman–Crippen MR) is 104 cm³/mol. The third-order valence-electron chi connectivity index (χ3n) is 3.75. The van der Waals surface area contributed by atoms with E-state index in [9.17, 15) is 4.79 Å². The van der Waals surface area contributed by atoms with Gasteiger partial charge >= 0.3 is 0 Å². The zero-order chi connectivity index (χ0) is 18.4. The number of para-hydroxylation sites is 1. The number of nitrogens with zero attached hydrogens (tertiary/aromatic N) is 2. The SMILES string of the molecule is CC(C)c1nnc(NC(=O)COc2ccccc2Cc2ccccc2)s1. The molecule has 0 aliphatic rings. The highest BCUT2D eigenvalue weighted by molar-refractivity contribution is 7.15. The molecule has 2 aromatic carbocycles. The second kappa shape index (κ2) is 8.58. The monoisotopic (exact) mass is 367 g/mol. The molecule has 0 aliphatic heterocycles. The van der Waals surface area contributed by atoms with E-state index in [2.05, 4.69) is 27.6 Å². The lowest BCUT2D eigenvalue weighted by molar-refractivity contribution is -0.118. The average Bonchev–Trinajstić information content (AvgIpc) is 3.11. The van der Waals surface area contributed by atoms with Crippen LogP contribution >= 0.6 is 11.3 Å². The van der Waals surface area contributed by atoms with Gasteiger partial charge in [0.2, 0.25) is 5.13 Å². The zero-order valence-corrected chi connectivity index (χ0v) is 15.6. The van der Waals surface area contributed by atoms with E-state index < -0.39 is 0 Å². The quantitative estimate of drug-likeness (QED) is 0.677. The molecule has 0 atom stereocenters. The van der Waals surface area contributed by atoms with Gasteiger partial charge in [0.05, 0.1) is 0 Å². The molecule has 0 saturated carbocycles. The number of benzene rings is 2. The van der Waals surface area contributed by atoms with E-state index in [1.807, 2.05) is 56.3 Å². The number of carbonyl (C=O) groups excluding carboxylic acids is 1. The van der Waals surface area contributed by atoms with Crippen molar-refractivity contribution in [2.24, 2.45) is 0 Å². The Labute approximate surface area is 157 Å². The Hall–Kier alpha value is -2.73. The Morgan fingerprint density at radius 1 is 1.08 bits per heavy atom. The second-order valence-electron chi connectivity index (χ2n) is 6.21. The van der Waals surface area contributed by atoms with Crippen LogP contribution in [0.3, 0.4) is 0 Å². The van der Waals surface area contributed by atoms with Crippen molar-refractivity contribution < 1.29 is 9.53 Å². The minimum atomic E-state index is -0.244. The number of amides is 1. The van der Waals surface area contributed by atoms with Gasteiger partial charge in [0.1, 0.15) is 10.8 Å². The standard InChI is InChI=1S/C20H21N3O2S/c1-14(2)19-22-23-20(26-19)21-18(24)13-25-17-11-7-6-10-16(17)12-15-8-4-3-5-9-15/h3-11,14H,12-13H2,1-2H3,(H,21,23,24). The molecular weight excluding hydrogens is 346 g/mol. The van der Waals surface area contributed by atoms with E-state index in [4.69, 9.17) is 4.74 Å². The molecule has 1 amide bonds. The van der Waals surface area contributed by atoms with Gasteiger partial charge in [-0.25, -0.2) is 0 Å². The molecule has 26 heavy (non-hydrogen) atoms. The Balaban J connectivity index is 1.59. The number of anilines is 1. The van der Waals surface area contributed by atoms with Gasteiger partial charge in [-0.1, -0.05) is 73.7 Å². The highest BCUT2D eigenvalue weighted by atomic mass is 32.1. The molecule has 6 heteroatoms. The van der Waals surface area contributed by atoms with Crippen molar-refractivity contribution in [3.05, 3.63) is 70.7 Å². The van der Waals surface area contributed by atoms with Crippen LogP contribution < -0.4 is 10.1 Å². The molecule has 0 bridgehead atoms. The lowest BCUT2D eigenvalue weighted by atomic mass is 10.0. The third kappa shape index (κ3) is 4.89. The molecular formula is C20H21N3O2S. The molecule has 3 rings (SSSR count). The number of hydrogen-bond donors (Lipinski definition) is 1. The zero-order valence-electron chi connectivity index (χ0n) is 14.8. The fourth-order valence-electron chi connectivity index (χ4n) is 2.42. The van der Waals surface area contributed by atoms with Crippen LogP contribution in [0, 0.1) is 0 Å². The average molecular weight is 367 g/mol. The molecule has 0 saturated heterocycles. The summed E-state index contributed by atoms with van der Waals surface area (Å²) in [5.41, 5.74) is 2.24. The first-order valence-electron chi connectivity index (χ1n) is 8.49. The molecule has 1 aromatic heterocycles. The highest BCUT2D eigenvalue weighted by Gasteiger charge is 2.12. The summed E-state index contributed by atoms with van der Waals surface area (Å²) in [4.78, 5) is 12.1. The van der Waals surface area contributed by atoms with Crippen molar-refractivity contribution in [3.8, 4) is 5.75 Å². The second-order valence-corrected chi connectivity index (χ2v) is 7.22. The van der Waals surface area contributed by atoms with Gasteiger partial charge in [0.15, 0.2) is 6.61 Å². The van der Waals surface area contributed by atoms with Crippen molar-refractivity contribution in [1.29, 1.82) is 0 Å². The van der Waals surface area contributed by atoms with Gasteiger partial charge < -0.3 is 4.74 Å². The Morgan fingerprint density at radius 3 is 2.54 bits per heavy atom. The smallest absolute Gasteiger partial charge is 0.264 e. The van der Waals surface area contributed by atoms with Crippen LogP contribution in [0.4, 0.5) is 5.13 Å². The molecule has 1 heterocycles. The van der Waals surface area contributed by atoms with Crippen LogP contribution in [-0.2, 0) is 11.2 Å². The molecule has 0 fully saturated rings. The number of rotatable bonds is 7. The van der Waals surface area contributed by atoms with Gasteiger partial charge in [0.25, 0.3) is 5.91 Å². The Morgan fingerprint density at radius 2 is 1.81 bits per heavy atom. The summed E-state index contributed by atoms with van der Waals surface area (Å²) in [5, 5.41) is 12.2. The summed E-state index contributed by atoms with van der Waals surface area (Å²) in [6, 6.07) is 17.9. The van der Waals surface area contributed by atoms with Gasteiger partial charge in [-0.3, -0.25) is 10.1 Å². The topological polar surface area (TPSA) is 64.1 Å². The van der Waals surface area contributed by atoms with Crippen molar-refractivity contribution in [3.63, 3.8) is 0 Å². The Bertz CT molecular complexity index is 862. The number of aromatic nitrogens is 2. The molecule has 0 unspecified atom stereocenters. The minimum absolute atomic E-state index is 0.0671. The van der Waals surface area contributed by atoms with Crippen LogP contribution in [-0.4, -0.2) is 22.7 Å². The first kappa shape index (κ1) is 18.1. The molecule has 5 nitrogen and oxygen atoms in total. The van der Waals surface area contributed by atoms with E-state index in [0.29, 0.717) is 16.8 Å². The van der Waals surface area contributed by atoms with Crippen molar-refractivity contribution in [1.82, 2.24) is 10.2 Å². The van der Waals surface area contributed by atoms with Crippen molar-refractivity contribution in [2.45, 2.75) is 26.2 Å². The highest BCUT2D eigenvalue weighted by Crippen LogP contribution is 2.23. The summed E-state index contributed by atoms with van der Waals surface area (Å²) in [6.07, 6.45) is 0.757. The van der Waals surface area contributed by atoms with Crippen LogP contribution in [0.25, 0.3) is 0 Å². The molecule has 3 aromatic rings. The lowest BCUT2D eigenvalue weighted by Gasteiger charge is -2.11.